The molecule has 3 rings (SSSR count). The van der Waals surface area contributed by atoms with Crippen LogP contribution in [-0.2, 0) is 0 Å². The fraction of sp³-hybridized carbons (Fsp3) is 0.333. The molecule has 22 heavy (non-hydrogen) atoms. The number of hydrogen-bond donors (Lipinski definition) is 2. The summed E-state index contributed by atoms with van der Waals surface area (Å²) in [7, 11) is 0. The van der Waals surface area contributed by atoms with Gasteiger partial charge in [-0.3, -0.25) is 0 Å². The molecule has 2 aromatic rings. The van der Waals surface area contributed by atoms with Crippen molar-refractivity contribution in [2.45, 2.75) is 18.9 Å². The summed E-state index contributed by atoms with van der Waals surface area (Å²) in [6, 6.07) is 7.62. The van der Waals surface area contributed by atoms with Crippen molar-refractivity contribution < 1.29 is 13.7 Å². The summed E-state index contributed by atoms with van der Waals surface area (Å²) in [6.45, 7) is 0.260. The highest BCUT2D eigenvalue weighted by Gasteiger charge is 2.23. The average molecular weight is 304 g/mol. The van der Waals surface area contributed by atoms with E-state index in [4.69, 9.17) is 15.0 Å². The lowest BCUT2D eigenvalue weighted by molar-refractivity contribution is 0.347. The van der Waals surface area contributed by atoms with E-state index in [1.807, 2.05) is 12.1 Å². The highest BCUT2D eigenvalue weighted by atomic mass is 19.1. The van der Waals surface area contributed by atoms with Gasteiger partial charge in [-0.15, -0.1) is 0 Å². The first-order valence-corrected chi connectivity index (χ1v) is 7.10. The zero-order valence-corrected chi connectivity index (χ0v) is 12.0. The van der Waals surface area contributed by atoms with Gasteiger partial charge in [-0.05, 0) is 42.3 Å². The van der Waals surface area contributed by atoms with E-state index in [0.717, 1.165) is 18.4 Å². The molecule has 7 heteroatoms. The number of rotatable bonds is 7. The Labute approximate surface area is 127 Å². The SMILES string of the molecule is NC/C(=C/F)COc1ccc(-c2nc(NC3CC3)no2)cc1. The van der Waals surface area contributed by atoms with Gasteiger partial charge >= 0.3 is 0 Å². The van der Waals surface area contributed by atoms with Gasteiger partial charge in [0.1, 0.15) is 12.4 Å². The van der Waals surface area contributed by atoms with Crippen molar-refractivity contribution in [3.05, 3.63) is 36.2 Å². The quantitative estimate of drug-likeness (QED) is 0.817. The highest BCUT2D eigenvalue weighted by molar-refractivity contribution is 5.55. The third kappa shape index (κ3) is 3.62. The molecule has 116 valence electrons. The zero-order valence-electron chi connectivity index (χ0n) is 12.0. The summed E-state index contributed by atoms with van der Waals surface area (Å²) in [6.07, 6.45) is 2.77. The van der Waals surface area contributed by atoms with Crippen molar-refractivity contribution in [3.63, 3.8) is 0 Å². The first-order valence-electron chi connectivity index (χ1n) is 7.10. The molecule has 1 aromatic carbocycles. The van der Waals surface area contributed by atoms with Gasteiger partial charge in [0.15, 0.2) is 0 Å². The van der Waals surface area contributed by atoms with Crippen LogP contribution >= 0.6 is 0 Å². The van der Waals surface area contributed by atoms with E-state index >= 15 is 0 Å². The Hall–Kier alpha value is -2.41. The van der Waals surface area contributed by atoms with Gasteiger partial charge in [-0.2, -0.15) is 4.98 Å². The van der Waals surface area contributed by atoms with Crippen LogP contribution in [0.5, 0.6) is 5.75 Å². The average Bonchev–Trinajstić information content (AvgIpc) is 3.24. The van der Waals surface area contributed by atoms with Gasteiger partial charge in [0, 0.05) is 23.7 Å². The van der Waals surface area contributed by atoms with Gasteiger partial charge in [-0.25, -0.2) is 4.39 Å². The number of benzene rings is 1. The van der Waals surface area contributed by atoms with Crippen LogP contribution in [0.25, 0.3) is 11.5 Å². The van der Waals surface area contributed by atoms with Crippen LogP contribution in [0, 0.1) is 0 Å². The van der Waals surface area contributed by atoms with Crippen molar-refractivity contribution >= 4 is 5.95 Å². The van der Waals surface area contributed by atoms with Crippen LogP contribution in [0.3, 0.4) is 0 Å². The Morgan fingerprint density at radius 3 is 2.82 bits per heavy atom. The summed E-state index contributed by atoms with van der Waals surface area (Å²) >= 11 is 0. The molecule has 1 saturated carbocycles. The van der Waals surface area contributed by atoms with E-state index in [1.165, 1.54) is 0 Å². The third-order valence-electron chi connectivity index (χ3n) is 3.28. The van der Waals surface area contributed by atoms with Gasteiger partial charge < -0.3 is 20.3 Å². The van der Waals surface area contributed by atoms with E-state index in [2.05, 4.69) is 15.5 Å². The Morgan fingerprint density at radius 2 is 2.18 bits per heavy atom. The van der Waals surface area contributed by atoms with Crippen LogP contribution in [0.15, 0.2) is 40.7 Å². The van der Waals surface area contributed by atoms with Crippen molar-refractivity contribution in [2.24, 2.45) is 5.73 Å². The molecule has 0 unspecified atom stereocenters. The lowest BCUT2D eigenvalue weighted by atomic mass is 10.2. The lowest BCUT2D eigenvalue weighted by Crippen LogP contribution is -2.10. The fourth-order valence-corrected chi connectivity index (χ4v) is 1.81. The van der Waals surface area contributed by atoms with Crippen LogP contribution in [0.1, 0.15) is 12.8 Å². The number of halogens is 1. The molecule has 0 spiro atoms. The van der Waals surface area contributed by atoms with Crippen molar-refractivity contribution in [3.8, 4) is 17.2 Å². The Balaban J connectivity index is 1.61. The lowest BCUT2D eigenvalue weighted by Gasteiger charge is -2.07. The molecule has 0 aliphatic heterocycles. The molecule has 0 amide bonds. The summed E-state index contributed by atoms with van der Waals surface area (Å²) in [5.74, 6) is 1.58. The molecule has 1 aliphatic rings. The maximum absolute atomic E-state index is 12.4. The second kappa shape index (κ2) is 6.57. The minimum Gasteiger partial charge on any atom is -0.489 e. The number of nitrogens with zero attached hydrogens (tertiary/aromatic N) is 2. The van der Waals surface area contributed by atoms with Crippen LogP contribution in [0.2, 0.25) is 0 Å². The van der Waals surface area contributed by atoms with Crippen molar-refractivity contribution in [2.75, 3.05) is 18.5 Å². The zero-order chi connectivity index (χ0) is 15.4. The second-order valence-corrected chi connectivity index (χ2v) is 5.13. The monoisotopic (exact) mass is 304 g/mol. The van der Waals surface area contributed by atoms with Crippen LogP contribution in [0.4, 0.5) is 10.3 Å². The van der Waals surface area contributed by atoms with Crippen molar-refractivity contribution in [1.29, 1.82) is 0 Å². The number of hydrogen-bond acceptors (Lipinski definition) is 6. The molecule has 1 aromatic heterocycles. The number of nitrogens with two attached hydrogens (primary N) is 1. The summed E-state index contributed by atoms with van der Waals surface area (Å²) in [5, 5.41) is 7.05. The predicted molar refractivity (Wildman–Crippen MR) is 80.1 cm³/mol. The molecule has 3 N–H and O–H groups in total. The van der Waals surface area contributed by atoms with Gasteiger partial charge in [0.05, 0.1) is 6.33 Å². The first kappa shape index (κ1) is 14.5. The maximum atomic E-state index is 12.4. The number of ether oxygens (including phenoxy) is 1. The molecule has 6 nitrogen and oxygen atoms in total. The topological polar surface area (TPSA) is 86.2 Å². The first-order chi connectivity index (χ1) is 10.8. The number of aromatic nitrogens is 2. The van der Waals surface area contributed by atoms with Gasteiger partial charge in [0.2, 0.25) is 0 Å². The molecule has 0 bridgehead atoms. The number of nitrogens with one attached hydrogen (secondary N) is 1. The standard InChI is InChI=1S/C15H17FN4O2/c16-7-10(8-17)9-21-13-5-1-11(2-6-13)14-19-15(20-22-14)18-12-3-4-12/h1-2,5-7,12H,3-4,8-9,17H2,(H,18,20)/b10-7-. The van der Waals surface area contributed by atoms with Crippen LogP contribution in [-0.4, -0.2) is 29.3 Å². The molecule has 1 fully saturated rings. The minimum absolute atomic E-state index is 0.127. The minimum atomic E-state index is 0.127. The molecule has 0 radical (unpaired) electrons. The van der Waals surface area contributed by atoms with Crippen molar-refractivity contribution in [1.82, 2.24) is 10.1 Å². The summed E-state index contributed by atoms with van der Waals surface area (Å²) in [5.41, 5.74) is 6.56. The normalized spacial score (nSPS) is 14.9. The maximum Gasteiger partial charge on any atom is 0.263 e. The Kier molecular flexibility index (Phi) is 4.34. The van der Waals surface area contributed by atoms with E-state index in [-0.39, 0.29) is 13.2 Å². The summed E-state index contributed by atoms with van der Waals surface area (Å²) < 4.78 is 23.0. The predicted octanol–water partition coefficient (Wildman–Crippen LogP) is 2.50. The molecule has 1 heterocycles. The summed E-state index contributed by atoms with van der Waals surface area (Å²) in [4.78, 5) is 4.29. The Bertz CT molecular complexity index is 650. The molecule has 0 atom stereocenters. The molecule has 1 aliphatic carbocycles. The Morgan fingerprint density at radius 1 is 1.41 bits per heavy atom. The van der Waals surface area contributed by atoms with E-state index in [0.29, 0.717) is 35.5 Å². The second-order valence-electron chi connectivity index (χ2n) is 5.13. The van der Waals surface area contributed by atoms with E-state index < -0.39 is 0 Å². The van der Waals surface area contributed by atoms with Gasteiger partial charge in [0.25, 0.3) is 11.8 Å². The van der Waals surface area contributed by atoms with E-state index in [9.17, 15) is 4.39 Å². The van der Waals surface area contributed by atoms with E-state index in [1.54, 1.807) is 12.1 Å². The fourth-order valence-electron chi connectivity index (χ4n) is 1.81. The highest BCUT2D eigenvalue weighted by Crippen LogP contribution is 2.26. The smallest absolute Gasteiger partial charge is 0.263 e. The largest absolute Gasteiger partial charge is 0.489 e. The molecular weight excluding hydrogens is 287 g/mol. The van der Waals surface area contributed by atoms with Crippen LogP contribution < -0.4 is 15.8 Å². The van der Waals surface area contributed by atoms with Gasteiger partial charge in [-0.1, -0.05) is 0 Å². The number of anilines is 1. The molecule has 0 saturated heterocycles. The third-order valence-corrected chi connectivity index (χ3v) is 3.28. The molecular formula is C15H17FN4O2.